The third kappa shape index (κ3) is 3.44. The summed E-state index contributed by atoms with van der Waals surface area (Å²) in [6, 6.07) is 5.03. The zero-order valence-electron chi connectivity index (χ0n) is 10.3. The minimum absolute atomic E-state index is 0.0204. The summed E-state index contributed by atoms with van der Waals surface area (Å²) in [6.45, 7) is -0.681. The molecule has 0 amide bonds. The summed E-state index contributed by atoms with van der Waals surface area (Å²) in [5.74, 6) is -1.22. The Hall–Kier alpha value is -1.41. The number of aliphatic hydroxyl groups is 1. The molecule has 0 saturated carbocycles. The van der Waals surface area contributed by atoms with Crippen molar-refractivity contribution in [3.63, 3.8) is 0 Å². The van der Waals surface area contributed by atoms with Crippen LogP contribution in [0.1, 0.15) is 5.56 Å². The van der Waals surface area contributed by atoms with E-state index in [1.54, 1.807) is 0 Å². The molecular formula is C12H9Cl2FN2O3S. The Morgan fingerprint density at radius 2 is 2.05 bits per heavy atom. The lowest BCUT2D eigenvalue weighted by molar-refractivity contribution is 0.274. The van der Waals surface area contributed by atoms with Crippen molar-refractivity contribution >= 4 is 39.0 Å². The van der Waals surface area contributed by atoms with Crippen molar-refractivity contribution in [1.29, 1.82) is 0 Å². The minimum Gasteiger partial charge on any atom is -0.392 e. The molecule has 0 radical (unpaired) electrons. The molecule has 0 unspecified atom stereocenters. The topological polar surface area (TPSA) is 79.3 Å². The van der Waals surface area contributed by atoms with Crippen LogP contribution in [0.25, 0.3) is 0 Å². The van der Waals surface area contributed by atoms with Gasteiger partial charge in [-0.25, -0.2) is 17.8 Å². The molecule has 0 saturated heterocycles. The lowest BCUT2D eigenvalue weighted by Crippen LogP contribution is -2.16. The summed E-state index contributed by atoms with van der Waals surface area (Å²) in [5, 5.41) is 9.06. The lowest BCUT2D eigenvalue weighted by Gasteiger charge is -2.11. The molecule has 2 N–H and O–H groups in total. The van der Waals surface area contributed by atoms with E-state index in [9.17, 15) is 12.8 Å². The Balaban J connectivity index is 2.50. The molecule has 0 aliphatic heterocycles. The van der Waals surface area contributed by atoms with Crippen molar-refractivity contribution in [3.8, 4) is 0 Å². The number of nitrogens with one attached hydrogen (secondary N) is 1. The van der Waals surface area contributed by atoms with Gasteiger partial charge in [0, 0.05) is 16.8 Å². The van der Waals surface area contributed by atoms with Gasteiger partial charge in [0.2, 0.25) is 0 Å². The van der Waals surface area contributed by atoms with E-state index in [1.165, 1.54) is 18.3 Å². The number of rotatable bonds is 4. The highest BCUT2D eigenvalue weighted by Crippen LogP contribution is 2.27. The molecule has 2 rings (SSSR count). The number of aromatic nitrogens is 1. The molecule has 112 valence electrons. The summed E-state index contributed by atoms with van der Waals surface area (Å²) >= 11 is 11.5. The maximum atomic E-state index is 14.1. The summed E-state index contributed by atoms with van der Waals surface area (Å²) in [4.78, 5) is 3.06. The predicted molar refractivity (Wildman–Crippen MR) is 77.4 cm³/mol. The molecule has 0 fully saturated rings. The maximum Gasteiger partial charge on any atom is 0.266 e. The van der Waals surface area contributed by atoms with Crippen LogP contribution in [0, 0.1) is 5.82 Å². The van der Waals surface area contributed by atoms with Crippen molar-refractivity contribution in [2.45, 2.75) is 11.5 Å². The Labute approximate surface area is 130 Å². The fraction of sp³-hybridized carbons (Fsp3) is 0.0833. The fourth-order valence-electron chi connectivity index (χ4n) is 1.57. The van der Waals surface area contributed by atoms with E-state index in [-0.39, 0.29) is 21.4 Å². The van der Waals surface area contributed by atoms with Gasteiger partial charge in [0.25, 0.3) is 10.0 Å². The smallest absolute Gasteiger partial charge is 0.266 e. The molecule has 5 nitrogen and oxygen atoms in total. The monoisotopic (exact) mass is 350 g/mol. The zero-order chi connectivity index (χ0) is 15.6. The fourth-order valence-corrected chi connectivity index (χ4v) is 3.28. The van der Waals surface area contributed by atoms with E-state index in [0.717, 1.165) is 12.1 Å². The molecule has 0 bridgehead atoms. The number of halogens is 3. The Morgan fingerprint density at radius 1 is 1.33 bits per heavy atom. The van der Waals surface area contributed by atoms with Crippen LogP contribution in [0.5, 0.6) is 0 Å². The third-order valence-electron chi connectivity index (χ3n) is 2.53. The minimum atomic E-state index is -4.29. The van der Waals surface area contributed by atoms with E-state index >= 15 is 0 Å². The highest BCUT2D eigenvalue weighted by molar-refractivity contribution is 7.92. The summed E-state index contributed by atoms with van der Waals surface area (Å²) < 4.78 is 40.5. The van der Waals surface area contributed by atoms with E-state index in [2.05, 4.69) is 9.71 Å². The second-order valence-electron chi connectivity index (χ2n) is 3.97. The number of pyridine rings is 1. The highest BCUT2D eigenvalue weighted by Gasteiger charge is 2.23. The van der Waals surface area contributed by atoms with Gasteiger partial charge in [0.15, 0.2) is 5.82 Å². The highest BCUT2D eigenvalue weighted by atomic mass is 35.5. The second-order valence-corrected chi connectivity index (χ2v) is 6.47. The van der Waals surface area contributed by atoms with Crippen LogP contribution in [0.2, 0.25) is 10.0 Å². The van der Waals surface area contributed by atoms with E-state index < -0.39 is 27.3 Å². The summed E-state index contributed by atoms with van der Waals surface area (Å²) in [6.07, 6.45) is 1.33. The number of hydrogen-bond acceptors (Lipinski definition) is 4. The van der Waals surface area contributed by atoms with Gasteiger partial charge in [0.1, 0.15) is 10.7 Å². The van der Waals surface area contributed by atoms with Crippen molar-refractivity contribution in [1.82, 2.24) is 4.98 Å². The zero-order valence-corrected chi connectivity index (χ0v) is 12.7. The van der Waals surface area contributed by atoms with Gasteiger partial charge in [-0.2, -0.15) is 0 Å². The normalized spacial score (nSPS) is 11.4. The first-order valence-corrected chi connectivity index (χ1v) is 7.81. The van der Waals surface area contributed by atoms with Crippen LogP contribution in [-0.2, 0) is 16.6 Å². The molecule has 21 heavy (non-hydrogen) atoms. The molecule has 1 aromatic carbocycles. The lowest BCUT2D eigenvalue weighted by atomic mass is 10.2. The van der Waals surface area contributed by atoms with Gasteiger partial charge in [0.05, 0.1) is 11.6 Å². The Bertz CT molecular complexity index is 784. The number of aliphatic hydroxyl groups excluding tert-OH is 1. The second kappa shape index (κ2) is 6.15. The van der Waals surface area contributed by atoms with Crippen molar-refractivity contribution in [3.05, 3.63) is 51.9 Å². The largest absolute Gasteiger partial charge is 0.392 e. The standard InChI is InChI=1S/C12H9Cl2FN2O3S/c13-8-4-7(6-18)11(15)10(5-8)21(19,20)17-12-9(14)2-1-3-16-12/h1-5,18H,6H2,(H,16,17). The van der Waals surface area contributed by atoms with Crippen LogP contribution in [0.4, 0.5) is 10.2 Å². The number of anilines is 1. The number of benzene rings is 1. The van der Waals surface area contributed by atoms with Crippen molar-refractivity contribution in [2.75, 3.05) is 4.72 Å². The quantitative estimate of drug-likeness (QED) is 0.888. The molecule has 2 aromatic rings. The first kappa shape index (κ1) is 16.0. The van der Waals surface area contributed by atoms with E-state index in [1.807, 2.05) is 0 Å². The Morgan fingerprint density at radius 3 is 2.67 bits per heavy atom. The van der Waals surface area contributed by atoms with Gasteiger partial charge in [-0.1, -0.05) is 23.2 Å². The molecule has 1 aromatic heterocycles. The van der Waals surface area contributed by atoms with Crippen LogP contribution in [0.15, 0.2) is 35.4 Å². The van der Waals surface area contributed by atoms with Crippen LogP contribution >= 0.6 is 23.2 Å². The van der Waals surface area contributed by atoms with Gasteiger partial charge >= 0.3 is 0 Å². The molecule has 9 heteroatoms. The summed E-state index contributed by atoms with van der Waals surface area (Å²) in [5.41, 5.74) is -0.227. The van der Waals surface area contributed by atoms with Gasteiger partial charge in [-0.3, -0.25) is 4.72 Å². The summed E-state index contributed by atoms with van der Waals surface area (Å²) in [7, 11) is -4.29. The Kier molecular flexibility index (Phi) is 4.67. The predicted octanol–water partition coefficient (Wildman–Crippen LogP) is 2.82. The molecule has 0 atom stereocenters. The molecule has 0 spiro atoms. The molecule has 1 heterocycles. The average Bonchev–Trinajstić information content (AvgIpc) is 2.43. The van der Waals surface area contributed by atoms with Gasteiger partial charge in [-0.15, -0.1) is 0 Å². The van der Waals surface area contributed by atoms with Crippen molar-refractivity contribution < 1.29 is 17.9 Å². The maximum absolute atomic E-state index is 14.1. The first-order valence-electron chi connectivity index (χ1n) is 5.57. The van der Waals surface area contributed by atoms with Gasteiger partial charge < -0.3 is 5.11 Å². The number of sulfonamides is 1. The van der Waals surface area contributed by atoms with Crippen LogP contribution in [-0.4, -0.2) is 18.5 Å². The van der Waals surface area contributed by atoms with Gasteiger partial charge in [-0.05, 0) is 24.3 Å². The van der Waals surface area contributed by atoms with Crippen molar-refractivity contribution in [2.24, 2.45) is 0 Å². The van der Waals surface area contributed by atoms with Crippen LogP contribution < -0.4 is 4.72 Å². The molecule has 0 aliphatic rings. The average molecular weight is 351 g/mol. The van der Waals surface area contributed by atoms with Crippen LogP contribution in [0.3, 0.4) is 0 Å². The van der Waals surface area contributed by atoms with E-state index in [0.29, 0.717) is 0 Å². The number of nitrogens with zero attached hydrogens (tertiary/aromatic N) is 1. The third-order valence-corrected chi connectivity index (χ3v) is 4.39. The molecule has 0 aliphatic carbocycles. The van der Waals surface area contributed by atoms with E-state index in [4.69, 9.17) is 28.3 Å². The number of hydrogen-bond donors (Lipinski definition) is 2. The molecular weight excluding hydrogens is 342 g/mol. The SMILES string of the molecule is O=S(=O)(Nc1ncccc1Cl)c1cc(Cl)cc(CO)c1F. The first-order chi connectivity index (χ1) is 9.85.